The molecular weight excluding hydrogens is 172 g/mol. The monoisotopic (exact) mass is 192 g/mol. The van der Waals surface area contributed by atoms with Gasteiger partial charge >= 0.3 is 0 Å². The Morgan fingerprint density at radius 3 is 2.86 bits per heavy atom. The molecule has 0 unspecified atom stereocenters. The molecule has 1 nitrogen and oxygen atoms in total. The minimum Gasteiger partial charge on any atom is -0.299 e. The van der Waals surface area contributed by atoms with E-state index in [0.717, 1.165) is 25.7 Å². The lowest BCUT2D eigenvalue weighted by Gasteiger charge is -2.47. The lowest BCUT2D eigenvalue weighted by atomic mass is 9.56. The van der Waals surface area contributed by atoms with E-state index in [1.807, 2.05) is 0 Å². The van der Waals surface area contributed by atoms with Gasteiger partial charge in [0, 0.05) is 11.8 Å². The van der Waals surface area contributed by atoms with Crippen LogP contribution in [-0.2, 0) is 4.79 Å². The second-order valence-electron chi connectivity index (χ2n) is 5.31. The maximum Gasteiger partial charge on any atom is 0.139 e. The molecule has 0 N–H and O–H groups in total. The highest BCUT2D eigenvalue weighted by atomic mass is 16.1. The van der Waals surface area contributed by atoms with E-state index >= 15 is 0 Å². The lowest BCUT2D eigenvalue weighted by Crippen LogP contribution is -2.44. The molecule has 14 heavy (non-hydrogen) atoms. The molecule has 0 amide bonds. The molecule has 2 saturated carbocycles. The normalized spacial score (nSPS) is 43.6. The summed E-state index contributed by atoms with van der Waals surface area (Å²) in [5, 5.41) is 0. The van der Waals surface area contributed by atoms with Crippen LogP contribution < -0.4 is 0 Å². The summed E-state index contributed by atoms with van der Waals surface area (Å²) in [7, 11) is 0. The number of rotatable bonds is 0. The molecule has 0 heterocycles. The van der Waals surface area contributed by atoms with Gasteiger partial charge in [-0.3, -0.25) is 4.79 Å². The maximum absolute atomic E-state index is 12.1. The third-order valence-corrected chi connectivity index (χ3v) is 4.47. The van der Waals surface area contributed by atoms with Crippen LogP contribution in [0, 0.1) is 17.3 Å². The van der Waals surface area contributed by atoms with Crippen LogP contribution in [0.2, 0.25) is 0 Å². The van der Waals surface area contributed by atoms with Crippen LogP contribution in [-0.4, -0.2) is 5.78 Å². The van der Waals surface area contributed by atoms with Gasteiger partial charge in [-0.05, 0) is 37.5 Å². The van der Waals surface area contributed by atoms with Gasteiger partial charge in [-0.25, -0.2) is 0 Å². The van der Waals surface area contributed by atoms with E-state index in [1.54, 1.807) is 0 Å². The van der Waals surface area contributed by atoms with Gasteiger partial charge in [0.15, 0.2) is 0 Å². The van der Waals surface area contributed by atoms with E-state index in [2.05, 4.69) is 20.4 Å². The van der Waals surface area contributed by atoms with E-state index < -0.39 is 0 Å². The Hall–Kier alpha value is -0.590. The van der Waals surface area contributed by atoms with Crippen molar-refractivity contribution in [2.45, 2.75) is 46.0 Å². The first-order chi connectivity index (χ1) is 6.55. The molecule has 2 rings (SSSR count). The number of hydrogen-bond acceptors (Lipinski definition) is 1. The highest BCUT2D eigenvalue weighted by Gasteiger charge is 2.47. The summed E-state index contributed by atoms with van der Waals surface area (Å²) in [4.78, 5) is 12.1. The second kappa shape index (κ2) is 3.22. The van der Waals surface area contributed by atoms with Crippen molar-refractivity contribution in [3.8, 4) is 0 Å². The number of hydrogen-bond donors (Lipinski definition) is 0. The molecule has 0 aromatic heterocycles. The Morgan fingerprint density at radius 2 is 2.14 bits per heavy atom. The minimum atomic E-state index is 0.141. The topological polar surface area (TPSA) is 17.1 Å². The first-order valence-corrected chi connectivity index (χ1v) is 5.77. The smallest absolute Gasteiger partial charge is 0.139 e. The number of ketones is 1. The molecule has 0 aliphatic heterocycles. The third kappa shape index (κ3) is 1.25. The van der Waals surface area contributed by atoms with Crippen molar-refractivity contribution in [1.82, 2.24) is 0 Å². The number of fused-ring (bicyclic) bond motifs is 1. The fourth-order valence-electron chi connectivity index (χ4n) is 3.18. The Kier molecular flexibility index (Phi) is 2.29. The Bertz CT molecular complexity index is 279. The average Bonchev–Trinajstić information content (AvgIpc) is 2.16. The van der Waals surface area contributed by atoms with E-state index in [9.17, 15) is 4.79 Å². The van der Waals surface area contributed by atoms with Crippen LogP contribution in [0.1, 0.15) is 46.0 Å². The number of carbonyl (C=O) groups excluding carboxylic acids is 1. The van der Waals surface area contributed by atoms with E-state index in [-0.39, 0.29) is 11.3 Å². The Labute approximate surface area is 86.6 Å². The van der Waals surface area contributed by atoms with Crippen molar-refractivity contribution in [2.75, 3.05) is 0 Å². The molecule has 0 radical (unpaired) electrons. The largest absolute Gasteiger partial charge is 0.299 e. The SMILES string of the molecule is C=C1CCC[C@H]2C(=O)[C@@H](C)CC[C@@]12C. The molecule has 0 aromatic rings. The lowest BCUT2D eigenvalue weighted by molar-refractivity contribution is -0.134. The van der Waals surface area contributed by atoms with Crippen LogP contribution in [0.3, 0.4) is 0 Å². The van der Waals surface area contributed by atoms with Gasteiger partial charge in [0.25, 0.3) is 0 Å². The fraction of sp³-hybridized carbons (Fsp3) is 0.769. The van der Waals surface area contributed by atoms with Crippen molar-refractivity contribution < 1.29 is 4.79 Å². The van der Waals surface area contributed by atoms with Crippen LogP contribution in [0.15, 0.2) is 12.2 Å². The van der Waals surface area contributed by atoms with Crippen LogP contribution in [0.5, 0.6) is 0 Å². The number of allylic oxidation sites excluding steroid dienone is 1. The minimum absolute atomic E-state index is 0.141. The molecule has 2 aliphatic carbocycles. The zero-order valence-electron chi connectivity index (χ0n) is 9.31. The first-order valence-electron chi connectivity index (χ1n) is 5.77. The van der Waals surface area contributed by atoms with Crippen molar-refractivity contribution in [3.05, 3.63) is 12.2 Å². The zero-order chi connectivity index (χ0) is 10.3. The summed E-state index contributed by atoms with van der Waals surface area (Å²) >= 11 is 0. The Morgan fingerprint density at radius 1 is 1.43 bits per heavy atom. The summed E-state index contributed by atoms with van der Waals surface area (Å²) in [6, 6.07) is 0. The van der Waals surface area contributed by atoms with Gasteiger partial charge in [0.05, 0.1) is 0 Å². The number of carbonyl (C=O) groups is 1. The van der Waals surface area contributed by atoms with Gasteiger partial charge in [-0.2, -0.15) is 0 Å². The van der Waals surface area contributed by atoms with Crippen LogP contribution in [0.25, 0.3) is 0 Å². The summed E-state index contributed by atoms with van der Waals surface area (Å²) in [6.07, 6.45) is 5.62. The molecule has 0 aromatic carbocycles. The molecular formula is C13H20O. The standard InChI is InChI=1S/C13H20O/c1-9-7-8-13(3)10(2)5-4-6-11(13)12(9)14/h9,11H,2,4-8H2,1,3H3/t9-,11-,13-/m0/s1. The molecule has 2 aliphatic rings. The summed E-state index contributed by atoms with van der Waals surface area (Å²) < 4.78 is 0. The molecule has 78 valence electrons. The molecule has 1 heteroatoms. The molecule has 0 bridgehead atoms. The Balaban J connectivity index is 2.30. The summed E-state index contributed by atoms with van der Waals surface area (Å²) in [5.74, 6) is 1.08. The molecule has 2 fully saturated rings. The fourth-order valence-corrected chi connectivity index (χ4v) is 3.18. The highest BCUT2D eigenvalue weighted by Crippen LogP contribution is 2.52. The van der Waals surface area contributed by atoms with E-state index in [4.69, 9.17) is 0 Å². The quantitative estimate of drug-likeness (QED) is 0.538. The van der Waals surface area contributed by atoms with Gasteiger partial charge in [0.1, 0.15) is 5.78 Å². The third-order valence-electron chi connectivity index (χ3n) is 4.47. The van der Waals surface area contributed by atoms with Crippen molar-refractivity contribution in [3.63, 3.8) is 0 Å². The number of Topliss-reactive ketones (excluding diaryl/α,β-unsaturated/α-hetero) is 1. The molecule has 0 spiro atoms. The van der Waals surface area contributed by atoms with Crippen molar-refractivity contribution in [1.29, 1.82) is 0 Å². The second-order valence-corrected chi connectivity index (χ2v) is 5.31. The van der Waals surface area contributed by atoms with Gasteiger partial charge < -0.3 is 0 Å². The van der Waals surface area contributed by atoms with Gasteiger partial charge in [-0.1, -0.05) is 26.0 Å². The zero-order valence-corrected chi connectivity index (χ0v) is 9.31. The predicted octanol–water partition coefficient (Wildman–Crippen LogP) is 3.35. The van der Waals surface area contributed by atoms with Gasteiger partial charge in [0.2, 0.25) is 0 Å². The van der Waals surface area contributed by atoms with Gasteiger partial charge in [-0.15, -0.1) is 0 Å². The highest BCUT2D eigenvalue weighted by molar-refractivity contribution is 5.85. The summed E-state index contributed by atoms with van der Waals surface area (Å²) in [6.45, 7) is 8.51. The first kappa shape index (κ1) is 9.95. The molecule has 0 saturated heterocycles. The average molecular weight is 192 g/mol. The maximum atomic E-state index is 12.1. The van der Waals surface area contributed by atoms with E-state index in [0.29, 0.717) is 11.7 Å². The van der Waals surface area contributed by atoms with Crippen LogP contribution in [0.4, 0.5) is 0 Å². The predicted molar refractivity (Wildman–Crippen MR) is 58.0 cm³/mol. The van der Waals surface area contributed by atoms with Crippen molar-refractivity contribution >= 4 is 5.78 Å². The van der Waals surface area contributed by atoms with E-state index in [1.165, 1.54) is 12.0 Å². The van der Waals surface area contributed by atoms with Crippen LogP contribution >= 0.6 is 0 Å². The summed E-state index contributed by atoms with van der Waals surface area (Å²) in [5.41, 5.74) is 1.47. The van der Waals surface area contributed by atoms with Crippen molar-refractivity contribution in [2.24, 2.45) is 17.3 Å². The molecule has 3 atom stereocenters.